The first-order chi connectivity index (χ1) is 10.9. The molecule has 0 amide bonds. The van der Waals surface area contributed by atoms with Crippen molar-refractivity contribution in [3.63, 3.8) is 0 Å². The molecule has 2 aliphatic rings. The van der Waals surface area contributed by atoms with Gasteiger partial charge in [0.25, 0.3) is 0 Å². The molecule has 2 aliphatic carbocycles. The fraction of sp³-hybridized carbons (Fsp3) is 1.00. The normalized spacial score (nSPS) is 41.5. The molecule has 0 aromatic rings. The van der Waals surface area contributed by atoms with Crippen molar-refractivity contribution in [2.45, 2.75) is 104 Å². The van der Waals surface area contributed by atoms with Crippen LogP contribution in [0.3, 0.4) is 0 Å². The first-order valence-electron chi connectivity index (χ1n) is 10.2. The van der Waals surface area contributed by atoms with Crippen LogP contribution in [0.2, 0.25) is 0 Å². The fourth-order valence-corrected chi connectivity index (χ4v) is 5.46. The zero-order valence-electron chi connectivity index (χ0n) is 15.9. The monoisotopic (exact) mass is 324 g/mol. The number of rotatable bonds is 6. The molecule has 0 radical (unpaired) electrons. The van der Waals surface area contributed by atoms with Gasteiger partial charge in [-0.15, -0.1) is 0 Å². The lowest BCUT2D eigenvalue weighted by atomic mass is 9.55. The molecule has 0 aromatic carbocycles. The molecule has 2 heteroatoms. The highest BCUT2D eigenvalue weighted by Gasteiger charge is 2.45. The van der Waals surface area contributed by atoms with Crippen molar-refractivity contribution in [2.75, 3.05) is 0 Å². The van der Waals surface area contributed by atoms with Gasteiger partial charge in [-0.1, -0.05) is 47.0 Å². The predicted molar refractivity (Wildman–Crippen MR) is 97.3 cm³/mol. The van der Waals surface area contributed by atoms with Crippen LogP contribution in [-0.2, 0) is 0 Å². The number of unbranched alkanes of at least 4 members (excludes halogenated alkanes) is 2. The van der Waals surface area contributed by atoms with Gasteiger partial charge in [0.15, 0.2) is 0 Å². The Bertz CT molecular complexity index is 328. The summed E-state index contributed by atoms with van der Waals surface area (Å²) < 4.78 is 0. The molecule has 0 aliphatic heterocycles. The van der Waals surface area contributed by atoms with Crippen LogP contribution >= 0.6 is 0 Å². The summed E-state index contributed by atoms with van der Waals surface area (Å²) in [4.78, 5) is 0. The van der Waals surface area contributed by atoms with Crippen LogP contribution in [0, 0.1) is 29.1 Å². The molecule has 0 bridgehead atoms. The van der Waals surface area contributed by atoms with E-state index in [1.54, 1.807) is 0 Å². The molecule has 0 spiro atoms. The molecule has 2 nitrogen and oxygen atoms in total. The fourth-order valence-electron chi connectivity index (χ4n) is 5.46. The van der Waals surface area contributed by atoms with Crippen molar-refractivity contribution in [3.8, 4) is 0 Å². The van der Waals surface area contributed by atoms with E-state index in [0.29, 0.717) is 17.3 Å². The van der Waals surface area contributed by atoms with Crippen molar-refractivity contribution >= 4 is 0 Å². The zero-order valence-corrected chi connectivity index (χ0v) is 15.9. The Balaban J connectivity index is 2.11. The molecule has 2 N–H and O–H groups in total. The van der Waals surface area contributed by atoms with Crippen molar-refractivity contribution in [1.29, 1.82) is 0 Å². The molecule has 136 valence electrons. The van der Waals surface area contributed by atoms with Gasteiger partial charge >= 0.3 is 0 Å². The average Bonchev–Trinajstić information content (AvgIpc) is 2.52. The quantitative estimate of drug-likeness (QED) is 0.662. The Morgan fingerprint density at radius 1 is 0.826 bits per heavy atom. The first kappa shape index (κ1) is 19.2. The highest BCUT2D eigenvalue weighted by atomic mass is 16.3. The molecule has 0 heterocycles. The zero-order chi connectivity index (χ0) is 17.0. The Morgan fingerprint density at radius 2 is 1.30 bits per heavy atom. The molecule has 2 fully saturated rings. The van der Waals surface area contributed by atoms with Crippen LogP contribution in [0.4, 0.5) is 0 Å². The molecule has 0 aromatic heterocycles. The van der Waals surface area contributed by atoms with Gasteiger partial charge in [-0.3, -0.25) is 0 Å². The van der Waals surface area contributed by atoms with Crippen molar-refractivity contribution in [2.24, 2.45) is 29.1 Å². The summed E-state index contributed by atoms with van der Waals surface area (Å²) in [5, 5.41) is 20.3. The summed E-state index contributed by atoms with van der Waals surface area (Å²) in [7, 11) is 0. The smallest absolute Gasteiger partial charge is 0.0566 e. The molecule has 2 rings (SSSR count). The maximum Gasteiger partial charge on any atom is 0.0566 e. The minimum Gasteiger partial charge on any atom is -0.393 e. The molecule has 0 saturated heterocycles. The minimum atomic E-state index is -0.0850. The summed E-state index contributed by atoms with van der Waals surface area (Å²) in [5.74, 6) is 2.41. The highest BCUT2D eigenvalue weighted by molar-refractivity contribution is 4.95. The van der Waals surface area contributed by atoms with E-state index in [1.807, 2.05) is 0 Å². The van der Waals surface area contributed by atoms with Gasteiger partial charge in [0, 0.05) is 0 Å². The van der Waals surface area contributed by atoms with Gasteiger partial charge in [-0.2, -0.15) is 0 Å². The number of aliphatic hydroxyl groups is 2. The van der Waals surface area contributed by atoms with Crippen LogP contribution in [0.5, 0.6) is 0 Å². The van der Waals surface area contributed by atoms with Crippen molar-refractivity contribution in [3.05, 3.63) is 0 Å². The maximum atomic E-state index is 10.1. The van der Waals surface area contributed by atoms with Crippen LogP contribution in [-0.4, -0.2) is 22.4 Å². The molecule has 6 atom stereocenters. The van der Waals surface area contributed by atoms with Gasteiger partial charge in [-0.25, -0.2) is 0 Å². The third-order valence-electron chi connectivity index (χ3n) is 7.43. The lowest BCUT2D eigenvalue weighted by Crippen LogP contribution is -2.44. The maximum absolute atomic E-state index is 10.1. The minimum absolute atomic E-state index is 0.0850. The molecular weight excluding hydrogens is 284 g/mol. The van der Waals surface area contributed by atoms with E-state index in [-0.39, 0.29) is 12.2 Å². The lowest BCUT2D eigenvalue weighted by molar-refractivity contribution is -0.0474. The van der Waals surface area contributed by atoms with E-state index in [9.17, 15) is 10.2 Å². The van der Waals surface area contributed by atoms with Crippen LogP contribution in [0.15, 0.2) is 0 Å². The molecule has 23 heavy (non-hydrogen) atoms. The standard InChI is InChI=1S/C21H40O2/c1-5-6-7-12-21(4,17-8-10-19(22)15(2)13-17)18-9-11-20(23)16(3)14-18/h15-20,22-23H,5-14H2,1-4H3. The Hall–Kier alpha value is -0.0800. The molecule has 6 unspecified atom stereocenters. The highest BCUT2D eigenvalue weighted by Crippen LogP contribution is 2.53. The van der Waals surface area contributed by atoms with Gasteiger partial charge < -0.3 is 10.2 Å². The summed E-state index contributed by atoms with van der Waals surface area (Å²) in [5.41, 5.74) is 0.401. The SMILES string of the molecule is CCCCCC(C)(C1CCC(O)C(C)C1)C1CCC(O)C(C)C1. The molecular formula is C21H40O2. The van der Waals surface area contributed by atoms with E-state index in [2.05, 4.69) is 27.7 Å². The second-order valence-corrected chi connectivity index (χ2v) is 9.07. The third kappa shape index (κ3) is 4.51. The van der Waals surface area contributed by atoms with Crippen molar-refractivity contribution < 1.29 is 10.2 Å². The second kappa shape index (κ2) is 8.34. The van der Waals surface area contributed by atoms with Gasteiger partial charge in [0.2, 0.25) is 0 Å². The third-order valence-corrected chi connectivity index (χ3v) is 7.43. The Labute approximate surface area is 144 Å². The number of hydrogen-bond acceptors (Lipinski definition) is 2. The van der Waals surface area contributed by atoms with Crippen molar-refractivity contribution in [1.82, 2.24) is 0 Å². The van der Waals surface area contributed by atoms with Gasteiger partial charge in [0.05, 0.1) is 12.2 Å². The summed E-state index contributed by atoms with van der Waals surface area (Å²) in [6, 6.07) is 0. The summed E-state index contributed by atoms with van der Waals surface area (Å²) in [6.07, 6.45) is 11.9. The lowest BCUT2D eigenvalue weighted by Gasteiger charge is -2.50. The first-order valence-corrected chi connectivity index (χ1v) is 10.2. The second-order valence-electron chi connectivity index (χ2n) is 9.07. The number of hydrogen-bond donors (Lipinski definition) is 2. The Morgan fingerprint density at radius 3 is 1.70 bits per heavy atom. The van der Waals surface area contributed by atoms with Gasteiger partial charge in [-0.05, 0) is 74.0 Å². The van der Waals surface area contributed by atoms with E-state index in [1.165, 1.54) is 51.4 Å². The van der Waals surface area contributed by atoms with Crippen LogP contribution < -0.4 is 0 Å². The predicted octanol–water partition coefficient (Wildman–Crippen LogP) is 5.17. The van der Waals surface area contributed by atoms with Crippen LogP contribution in [0.1, 0.15) is 91.9 Å². The van der Waals surface area contributed by atoms with E-state index >= 15 is 0 Å². The summed E-state index contributed by atoms with van der Waals surface area (Å²) in [6.45, 7) is 9.30. The topological polar surface area (TPSA) is 40.5 Å². The Kier molecular flexibility index (Phi) is 6.98. The van der Waals surface area contributed by atoms with E-state index < -0.39 is 0 Å². The van der Waals surface area contributed by atoms with Crippen LogP contribution in [0.25, 0.3) is 0 Å². The van der Waals surface area contributed by atoms with E-state index in [0.717, 1.165) is 24.7 Å². The molecule has 2 saturated carbocycles. The largest absolute Gasteiger partial charge is 0.393 e. The number of aliphatic hydroxyl groups excluding tert-OH is 2. The van der Waals surface area contributed by atoms with Gasteiger partial charge in [0.1, 0.15) is 0 Å². The van der Waals surface area contributed by atoms with E-state index in [4.69, 9.17) is 0 Å². The summed E-state index contributed by atoms with van der Waals surface area (Å²) >= 11 is 0. The average molecular weight is 325 g/mol.